The second-order valence-electron chi connectivity index (χ2n) is 9.30. The number of aryl methyl sites for hydroxylation is 2. The van der Waals surface area contributed by atoms with Crippen LogP contribution in [0.1, 0.15) is 35.8 Å². The van der Waals surface area contributed by atoms with Gasteiger partial charge in [0.2, 0.25) is 0 Å². The molecule has 0 amide bonds. The molecule has 2 aromatic heterocycles. The number of piperidine rings is 1. The maximum atomic E-state index is 14.9. The molecular formula is C28H27F2N3O2. The minimum atomic E-state index is -0.711. The lowest BCUT2D eigenvalue weighted by molar-refractivity contribution is 0.238. The van der Waals surface area contributed by atoms with Crippen LogP contribution in [0, 0.1) is 25.5 Å². The van der Waals surface area contributed by atoms with Crippen molar-refractivity contribution in [3.8, 4) is 28.3 Å². The van der Waals surface area contributed by atoms with E-state index in [9.17, 15) is 13.6 Å². The van der Waals surface area contributed by atoms with Gasteiger partial charge >= 0.3 is 0 Å². The van der Waals surface area contributed by atoms with E-state index in [0.717, 1.165) is 48.8 Å². The maximum Gasteiger partial charge on any atom is 0.255 e. The Kier molecular flexibility index (Phi) is 6.11. The molecule has 3 heterocycles. The van der Waals surface area contributed by atoms with Gasteiger partial charge in [-0.05, 0) is 76.2 Å². The highest BCUT2D eigenvalue weighted by Crippen LogP contribution is 2.38. The summed E-state index contributed by atoms with van der Waals surface area (Å²) in [6, 6.07) is 12.4. The lowest BCUT2D eigenvalue weighted by Crippen LogP contribution is -2.29. The van der Waals surface area contributed by atoms with Gasteiger partial charge < -0.3 is 9.32 Å². The van der Waals surface area contributed by atoms with E-state index < -0.39 is 11.6 Å². The first kappa shape index (κ1) is 23.2. The molecule has 1 saturated heterocycles. The normalized spacial score (nSPS) is 15.0. The van der Waals surface area contributed by atoms with Crippen molar-refractivity contribution in [2.75, 3.05) is 20.1 Å². The Labute approximate surface area is 202 Å². The Morgan fingerprint density at radius 2 is 1.71 bits per heavy atom. The van der Waals surface area contributed by atoms with Gasteiger partial charge in [-0.15, -0.1) is 0 Å². The van der Waals surface area contributed by atoms with E-state index in [-0.39, 0.29) is 17.0 Å². The summed E-state index contributed by atoms with van der Waals surface area (Å²) in [5.74, 6) is -0.360. The lowest BCUT2D eigenvalue weighted by atomic mass is 9.97. The Morgan fingerprint density at radius 3 is 2.40 bits per heavy atom. The molecular weight excluding hydrogens is 448 g/mol. The Morgan fingerprint density at radius 1 is 1.00 bits per heavy atom. The molecule has 1 fully saturated rings. The van der Waals surface area contributed by atoms with Crippen LogP contribution in [0.4, 0.5) is 8.78 Å². The number of pyridine rings is 1. The van der Waals surface area contributed by atoms with Crippen LogP contribution in [0.3, 0.4) is 0 Å². The first-order valence-electron chi connectivity index (χ1n) is 11.8. The highest BCUT2D eigenvalue weighted by atomic mass is 19.1. The molecule has 180 valence electrons. The van der Waals surface area contributed by atoms with Gasteiger partial charge in [0.25, 0.3) is 5.56 Å². The van der Waals surface area contributed by atoms with Crippen LogP contribution in [-0.4, -0.2) is 34.6 Å². The molecule has 0 aliphatic carbocycles. The van der Waals surface area contributed by atoms with Gasteiger partial charge in [-0.2, -0.15) is 0 Å². The Balaban J connectivity index is 1.68. The summed E-state index contributed by atoms with van der Waals surface area (Å²) < 4.78 is 36.4. The van der Waals surface area contributed by atoms with Gasteiger partial charge in [-0.3, -0.25) is 9.36 Å². The largest absolute Gasteiger partial charge is 0.440 e. The molecule has 0 bridgehead atoms. The maximum absolute atomic E-state index is 14.9. The van der Waals surface area contributed by atoms with Gasteiger partial charge in [0.15, 0.2) is 11.7 Å². The lowest BCUT2D eigenvalue weighted by Gasteiger charge is -2.26. The van der Waals surface area contributed by atoms with Gasteiger partial charge in [0.1, 0.15) is 17.3 Å². The molecule has 5 nitrogen and oxygen atoms in total. The highest BCUT2D eigenvalue weighted by molar-refractivity contribution is 5.77. The second kappa shape index (κ2) is 9.23. The van der Waals surface area contributed by atoms with Crippen LogP contribution < -0.4 is 5.56 Å². The van der Waals surface area contributed by atoms with E-state index in [1.807, 2.05) is 32.0 Å². The number of hydrogen-bond acceptors (Lipinski definition) is 4. The monoisotopic (exact) mass is 475 g/mol. The zero-order valence-corrected chi connectivity index (χ0v) is 20.0. The van der Waals surface area contributed by atoms with Crippen molar-refractivity contribution in [3.63, 3.8) is 0 Å². The van der Waals surface area contributed by atoms with Gasteiger partial charge in [0.05, 0.1) is 5.69 Å². The van der Waals surface area contributed by atoms with E-state index in [2.05, 4.69) is 11.9 Å². The third-order valence-electron chi connectivity index (χ3n) is 6.75. The predicted molar refractivity (Wildman–Crippen MR) is 132 cm³/mol. The summed E-state index contributed by atoms with van der Waals surface area (Å²) in [6.45, 7) is 5.74. The average Bonchev–Trinajstić information content (AvgIpc) is 3.25. The molecule has 0 N–H and O–H groups in total. The molecule has 1 aliphatic heterocycles. The Hall–Kier alpha value is -3.58. The number of rotatable bonds is 4. The van der Waals surface area contributed by atoms with Crippen molar-refractivity contribution in [2.45, 2.75) is 32.6 Å². The number of hydrogen-bond donors (Lipinski definition) is 0. The SMILES string of the molecule is Cc1cccc(C)c1-n1cc(-c2oc(C3CCN(C)CC3)nc2-c2ccc(F)cc2F)ccc1=O. The first-order valence-corrected chi connectivity index (χ1v) is 11.8. The zero-order valence-electron chi connectivity index (χ0n) is 20.0. The smallest absolute Gasteiger partial charge is 0.255 e. The summed E-state index contributed by atoms with van der Waals surface area (Å²) >= 11 is 0. The fourth-order valence-corrected chi connectivity index (χ4v) is 4.81. The molecule has 0 atom stereocenters. The van der Waals surface area contributed by atoms with Gasteiger partial charge in [-0.1, -0.05) is 18.2 Å². The van der Waals surface area contributed by atoms with Crippen molar-refractivity contribution < 1.29 is 13.2 Å². The number of aromatic nitrogens is 2. The molecule has 0 radical (unpaired) electrons. The number of nitrogens with zero attached hydrogens (tertiary/aromatic N) is 3. The summed E-state index contributed by atoms with van der Waals surface area (Å²) in [6.07, 6.45) is 3.47. The average molecular weight is 476 g/mol. The van der Waals surface area contributed by atoms with Crippen molar-refractivity contribution in [2.24, 2.45) is 0 Å². The van der Waals surface area contributed by atoms with Crippen LogP contribution in [0.2, 0.25) is 0 Å². The van der Waals surface area contributed by atoms with Crippen LogP contribution in [0.15, 0.2) is 63.9 Å². The zero-order chi connectivity index (χ0) is 24.7. The third-order valence-corrected chi connectivity index (χ3v) is 6.75. The molecule has 0 unspecified atom stereocenters. The quantitative estimate of drug-likeness (QED) is 0.371. The number of benzene rings is 2. The molecule has 2 aromatic carbocycles. The van der Waals surface area contributed by atoms with Crippen molar-refractivity contribution in [1.82, 2.24) is 14.5 Å². The standard InChI is InChI=1S/C28H27F2N3O2/c1-17-5-4-6-18(2)26(17)33-16-20(7-10-24(33)34)27-25(22-9-8-21(29)15-23(22)30)31-28(35-27)19-11-13-32(3)14-12-19/h4-10,15-16,19H,11-14H2,1-3H3. The van der Waals surface area contributed by atoms with Crippen LogP contribution in [0.5, 0.6) is 0 Å². The topological polar surface area (TPSA) is 51.3 Å². The predicted octanol–water partition coefficient (Wildman–Crippen LogP) is 5.86. The minimum absolute atomic E-state index is 0.103. The van der Waals surface area contributed by atoms with E-state index in [4.69, 9.17) is 9.40 Å². The molecule has 0 saturated carbocycles. The van der Waals surface area contributed by atoms with E-state index in [1.165, 1.54) is 18.2 Å². The van der Waals surface area contributed by atoms with E-state index in [0.29, 0.717) is 22.9 Å². The van der Waals surface area contributed by atoms with Crippen LogP contribution in [-0.2, 0) is 0 Å². The van der Waals surface area contributed by atoms with Crippen molar-refractivity contribution in [3.05, 3.63) is 93.7 Å². The molecule has 0 spiro atoms. The fraction of sp³-hybridized carbons (Fsp3) is 0.286. The van der Waals surface area contributed by atoms with Crippen molar-refractivity contribution >= 4 is 0 Å². The van der Waals surface area contributed by atoms with Crippen LogP contribution in [0.25, 0.3) is 28.3 Å². The molecule has 35 heavy (non-hydrogen) atoms. The molecule has 4 aromatic rings. The van der Waals surface area contributed by atoms with E-state index in [1.54, 1.807) is 16.8 Å². The Bertz CT molecular complexity index is 1430. The number of para-hydroxylation sites is 1. The number of halogens is 2. The molecule has 5 rings (SSSR count). The number of oxazole rings is 1. The van der Waals surface area contributed by atoms with Gasteiger partial charge in [0, 0.05) is 35.4 Å². The molecule has 1 aliphatic rings. The van der Waals surface area contributed by atoms with Crippen molar-refractivity contribution in [1.29, 1.82) is 0 Å². The fourth-order valence-electron chi connectivity index (χ4n) is 4.81. The minimum Gasteiger partial charge on any atom is -0.440 e. The third kappa shape index (κ3) is 4.44. The summed E-state index contributed by atoms with van der Waals surface area (Å²) in [4.78, 5) is 19.8. The number of likely N-dealkylation sites (tertiary alicyclic amines) is 1. The van der Waals surface area contributed by atoms with Gasteiger partial charge in [-0.25, -0.2) is 13.8 Å². The highest BCUT2D eigenvalue weighted by Gasteiger charge is 2.27. The first-order chi connectivity index (χ1) is 16.8. The van der Waals surface area contributed by atoms with Crippen LogP contribution >= 0.6 is 0 Å². The van der Waals surface area contributed by atoms with E-state index >= 15 is 0 Å². The second-order valence-corrected chi connectivity index (χ2v) is 9.30. The summed E-state index contributed by atoms with van der Waals surface area (Å²) in [5.41, 5.74) is 3.59. The summed E-state index contributed by atoms with van der Waals surface area (Å²) in [5, 5.41) is 0. The summed E-state index contributed by atoms with van der Waals surface area (Å²) in [7, 11) is 2.08. The molecule has 7 heteroatoms.